The van der Waals surface area contributed by atoms with Gasteiger partial charge in [0.2, 0.25) is 10.0 Å². The number of carboxylic acids is 1. The summed E-state index contributed by atoms with van der Waals surface area (Å²) in [5, 5.41) is 9.17. The highest BCUT2D eigenvalue weighted by molar-refractivity contribution is 7.89. The lowest BCUT2D eigenvalue weighted by atomic mass is 9.85. The highest BCUT2D eigenvalue weighted by atomic mass is 32.2. The number of carboxylic acid groups (broad SMARTS) is 1. The molecular formula is C15H23N3O4S. The van der Waals surface area contributed by atoms with Crippen molar-refractivity contribution in [1.82, 2.24) is 4.31 Å². The minimum absolute atomic E-state index is 0.0203. The molecule has 0 aromatic heterocycles. The van der Waals surface area contributed by atoms with E-state index in [1.807, 2.05) is 6.92 Å². The van der Waals surface area contributed by atoms with Crippen LogP contribution in [0.2, 0.25) is 0 Å². The highest BCUT2D eigenvalue weighted by Crippen LogP contribution is 2.32. The van der Waals surface area contributed by atoms with Gasteiger partial charge in [-0.15, -0.1) is 0 Å². The number of benzene rings is 1. The minimum atomic E-state index is -4.06. The standard InChI is InChI=1S/C15H23N3O4S/c1-11-5-7-12(8-6-11)23(21,22)18(10-14(19)20)15(17)9-3-2-4-13(15)16/h5-8,13H,2-4,9-10,16-17H2,1H3,(H,19,20)/t13-,15-/m0/s1. The smallest absolute Gasteiger partial charge is 0.318 e. The van der Waals surface area contributed by atoms with Gasteiger partial charge in [0.15, 0.2) is 0 Å². The molecule has 5 N–H and O–H groups in total. The third-order valence-electron chi connectivity index (χ3n) is 4.34. The van der Waals surface area contributed by atoms with Crippen LogP contribution < -0.4 is 11.5 Å². The lowest BCUT2D eigenvalue weighted by molar-refractivity contribution is -0.138. The normalized spacial score (nSPS) is 25.5. The van der Waals surface area contributed by atoms with E-state index in [9.17, 15) is 13.2 Å². The first-order valence-corrected chi connectivity index (χ1v) is 8.98. The number of carbonyl (C=O) groups is 1. The molecule has 1 aromatic carbocycles. The lowest BCUT2D eigenvalue weighted by Crippen LogP contribution is -2.69. The van der Waals surface area contributed by atoms with Crippen LogP contribution in [0.1, 0.15) is 31.2 Å². The van der Waals surface area contributed by atoms with E-state index in [1.54, 1.807) is 12.1 Å². The summed E-state index contributed by atoms with van der Waals surface area (Å²) in [6.07, 6.45) is 2.47. The first kappa shape index (κ1) is 17.9. The molecule has 0 unspecified atom stereocenters. The van der Waals surface area contributed by atoms with E-state index in [1.165, 1.54) is 12.1 Å². The molecule has 1 aliphatic carbocycles. The summed E-state index contributed by atoms with van der Waals surface area (Å²) in [6.45, 7) is 1.13. The van der Waals surface area contributed by atoms with E-state index in [-0.39, 0.29) is 4.90 Å². The number of aliphatic carboxylic acids is 1. The van der Waals surface area contributed by atoms with Crippen LogP contribution in [-0.4, -0.2) is 42.0 Å². The van der Waals surface area contributed by atoms with Gasteiger partial charge in [-0.1, -0.05) is 30.5 Å². The molecule has 0 saturated heterocycles. The van der Waals surface area contributed by atoms with Gasteiger partial charge in [0.05, 0.1) is 10.6 Å². The van der Waals surface area contributed by atoms with Gasteiger partial charge in [-0.05, 0) is 31.9 Å². The Morgan fingerprint density at radius 1 is 1.35 bits per heavy atom. The van der Waals surface area contributed by atoms with Crippen molar-refractivity contribution in [3.8, 4) is 0 Å². The summed E-state index contributed by atoms with van der Waals surface area (Å²) >= 11 is 0. The van der Waals surface area contributed by atoms with E-state index >= 15 is 0 Å². The number of hydrogen-bond acceptors (Lipinski definition) is 5. The minimum Gasteiger partial charge on any atom is -0.480 e. The molecule has 0 bridgehead atoms. The van der Waals surface area contributed by atoms with Gasteiger partial charge in [0.25, 0.3) is 0 Å². The molecule has 1 saturated carbocycles. The maximum atomic E-state index is 13.0. The molecule has 1 aromatic rings. The van der Waals surface area contributed by atoms with E-state index < -0.39 is 34.2 Å². The Balaban J connectivity index is 2.49. The van der Waals surface area contributed by atoms with Gasteiger partial charge in [-0.3, -0.25) is 4.79 Å². The molecule has 1 aliphatic rings. The summed E-state index contributed by atoms with van der Waals surface area (Å²) in [4.78, 5) is 11.3. The fourth-order valence-electron chi connectivity index (χ4n) is 2.93. The second-order valence-corrected chi connectivity index (χ2v) is 7.92. The van der Waals surface area contributed by atoms with Crippen molar-refractivity contribution in [2.24, 2.45) is 11.5 Å². The Morgan fingerprint density at radius 3 is 2.48 bits per heavy atom. The maximum absolute atomic E-state index is 13.0. The van der Waals surface area contributed by atoms with Crippen LogP contribution in [0.15, 0.2) is 29.2 Å². The molecule has 0 aliphatic heterocycles. The van der Waals surface area contributed by atoms with Crippen molar-refractivity contribution < 1.29 is 18.3 Å². The number of nitrogens with zero attached hydrogens (tertiary/aromatic N) is 1. The summed E-state index contributed by atoms with van der Waals surface area (Å²) in [5.74, 6) is -1.26. The lowest BCUT2D eigenvalue weighted by Gasteiger charge is -2.45. The highest BCUT2D eigenvalue weighted by Gasteiger charge is 2.47. The number of sulfonamides is 1. The summed E-state index contributed by atoms with van der Waals surface area (Å²) in [5.41, 5.74) is 11.9. The molecular weight excluding hydrogens is 318 g/mol. The van der Waals surface area contributed by atoms with Gasteiger partial charge in [0.1, 0.15) is 6.54 Å². The van der Waals surface area contributed by atoms with Crippen LogP contribution in [0.3, 0.4) is 0 Å². The zero-order valence-corrected chi connectivity index (χ0v) is 13.9. The quantitative estimate of drug-likeness (QED) is 0.674. The van der Waals surface area contributed by atoms with Crippen LogP contribution in [0.25, 0.3) is 0 Å². The number of rotatable bonds is 5. The number of nitrogens with two attached hydrogens (primary N) is 2. The van der Waals surface area contributed by atoms with Crippen LogP contribution in [0.4, 0.5) is 0 Å². The Morgan fingerprint density at radius 2 is 1.96 bits per heavy atom. The zero-order chi connectivity index (χ0) is 17.3. The molecule has 0 radical (unpaired) electrons. The first-order valence-electron chi connectivity index (χ1n) is 7.54. The molecule has 2 atom stereocenters. The Bertz CT molecular complexity index is 674. The molecule has 23 heavy (non-hydrogen) atoms. The fourth-order valence-corrected chi connectivity index (χ4v) is 4.62. The third-order valence-corrected chi connectivity index (χ3v) is 6.25. The second kappa shape index (κ2) is 6.56. The van der Waals surface area contributed by atoms with Gasteiger partial charge >= 0.3 is 5.97 Å². The Kier molecular flexibility index (Phi) is 5.10. The van der Waals surface area contributed by atoms with Gasteiger partial charge < -0.3 is 16.6 Å². The molecule has 128 valence electrons. The van der Waals surface area contributed by atoms with E-state index in [4.69, 9.17) is 16.6 Å². The molecule has 0 spiro atoms. The van der Waals surface area contributed by atoms with E-state index in [2.05, 4.69) is 0 Å². The molecule has 7 nitrogen and oxygen atoms in total. The Hall–Kier alpha value is -1.48. The first-order chi connectivity index (χ1) is 10.7. The van der Waals surface area contributed by atoms with Crippen molar-refractivity contribution in [3.63, 3.8) is 0 Å². The third kappa shape index (κ3) is 3.55. The predicted molar refractivity (Wildman–Crippen MR) is 86.1 cm³/mol. The average Bonchev–Trinajstić information content (AvgIpc) is 2.48. The molecule has 2 rings (SSSR count). The van der Waals surface area contributed by atoms with Gasteiger partial charge in [-0.25, -0.2) is 8.42 Å². The SMILES string of the molecule is Cc1ccc(S(=O)(=O)N(CC(=O)O)[C@@]2(N)CCCC[C@@H]2N)cc1. The number of aryl methyl sites for hydroxylation is 1. The van der Waals surface area contributed by atoms with Gasteiger partial charge in [-0.2, -0.15) is 4.31 Å². The Labute approximate surface area is 136 Å². The predicted octanol–water partition coefficient (Wildman–Crippen LogP) is 0.627. The number of hydrogen-bond donors (Lipinski definition) is 3. The van der Waals surface area contributed by atoms with Crippen LogP contribution in [0, 0.1) is 6.92 Å². The van der Waals surface area contributed by atoms with E-state index in [0.717, 1.165) is 16.3 Å². The molecule has 8 heteroatoms. The van der Waals surface area contributed by atoms with Gasteiger partial charge in [0, 0.05) is 6.04 Å². The topological polar surface area (TPSA) is 127 Å². The van der Waals surface area contributed by atoms with Crippen molar-refractivity contribution in [1.29, 1.82) is 0 Å². The van der Waals surface area contributed by atoms with Crippen LogP contribution in [0.5, 0.6) is 0 Å². The molecule has 0 amide bonds. The van der Waals surface area contributed by atoms with Crippen molar-refractivity contribution >= 4 is 16.0 Å². The van der Waals surface area contributed by atoms with Crippen molar-refractivity contribution in [3.05, 3.63) is 29.8 Å². The maximum Gasteiger partial charge on any atom is 0.318 e. The zero-order valence-electron chi connectivity index (χ0n) is 13.1. The molecule has 0 heterocycles. The monoisotopic (exact) mass is 341 g/mol. The average molecular weight is 341 g/mol. The van der Waals surface area contributed by atoms with Crippen LogP contribution >= 0.6 is 0 Å². The van der Waals surface area contributed by atoms with E-state index in [0.29, 0.717) is 19.3 Å². The summed E-state index contributed by atoms with van der Waals surface area (Å²) < 4.78 is 26.8. The van der Waals surface area contributed by atoms with Crippen LogP contribution in [-0.2, 0) is 14.8 Å². The largest absolute Gasteiger partial charge is 0.480 e. The molecule has 1 fully saturated rings. The fraction of sp³-hybridized carbons (Fsp3) is 0.533. The summed E-state index contributed by atoms with van der Waals surface area (Å²) in [6, 6.07) is 5.64. The van der Waals surface area contributed by atoms with Crippen molar-refractivity contribution in [2.45, 2.75) is 49.2 Å². The van der Waals surface area contributed by atoms with Crippen molar-refractivity contribution in [2.75, 3.05) is 6.54 Å². The summed E-state index contributed by atoms with van der Waals surface area (Å²) in [7, 11) is -4.06. The second-order valence-electron chi connectivity index (χ2n) is 6.06.